The van der Waals surface area contributed by atoms with Gasteiger partial charge in [0.2, 0.25) is 0 Å². The highest BCUT2D eigenvalue weighted by molar-refractivity contribution is 5.20. The summed E-state index contributed by atoms with van der Waals surface area (Å²) in [5.74, 6) is 0.491. The zero-order valence-corrected chi connectivity index (χ0v) is 15.5. The average molecular weight is 344 g/mol. The van der Waals surface area contributed by atoms with E-state index in [1.54, 1.807) is 0 Å². The first kappa shape index (κ1) is 20.1. The van der Waals surface area contributed by atoms with Crippen LogP contribution in [0.25, 0.3) is 0 Å². The smallest absolute Gasteiger partial charge is 0.0558 e. The summed E-state index contributed by atoms with van der Waals surface area (Å²) in [7, 11) is 0. The van der Waals surface area contributed by atoms with Crippen LogP contribution < -0.4 is 0 Å². The first-order valence-corrected chi connectivity index (χ1v) is 9.30. The van der Waals surface area contributed by atoms with Gasteiger partial charge in [0.05, 0.1) is 26.4 Å². The second kappa shape index (κ2) is 7.98. The van der Waals surface area contributed by atoms with Gasteiger partial charge >= 0.3 is 0 Å². The van der Waals surface area contributed by atoms with Gasteiger partial charge in [0, 0.05) is 38.3 Å². The van der Waals surface area contributed by atoms with Crippen molar-refractivity contribution in [1.82, 2.24) is 9.80 Å². The van der Waals surface area contributed by atoms with E-state index in [9.17, 15) is 20.4 Å². The Morgan fingerprint density at radius 1 is 0.792 bits per heavy atom. The van der Waals surface area contributed by atoms with E-state index in [0.717, 1.165) is 12.8 Å². The van der Waals surface area contributed by atoms with E-state index in [0.29, 0.717) is 32.1 Å². The molecule has 2 aliphatic carbocycles. The van der Waals surface area contributed by atoms with Crippen LogP contribution in [0.2, 0.25) is 0 Å². The van der Waals surface area contributed by atoms with Crippen molar-refractivity contribution in [3.63, 3.8) is 0 Å². The number of hydrogen-bond donors (Lipinski definition) is 4. The van der Waals surface area contributed by atoms with Crippen molar-refractivity contribution in [2.45, 2.75) is 45.7 Å². The Bertz CT molecular complexity index is 394. The van der Waals surface area contributed by atoms with Gasteiger partial charge in [-0.05, 0) is 29.6 Å². The third-order valence-corrected chi connectivity index (χ3v) is 7.13. The van der Waals surface area contributed by atoms with Gasteiger partial charge in [-0.15, -0.1) is 0 Å². The lowest BCUT2D eigenvalue weighted by molar-refractivity contribution is -0.0179. The standard InChI is InChI=1S/C18H36N2O4/c1-17(2)14-4-5-18(17,3)16(20(8-12-23)9-13-24)15(14)19(6-10-21)7-11-22/h14-16,21-24H,4-13H2,1-3H3/t14-,15-,16-,18-/m0/s1. The van der Waals surface area contributed by atoms with E-state index >= 15 is 0 Å². The third kappa shape index (κ3) is 3.13. The molecule has 4 atom stereocenters. The minimum atomic E-state index is 0.0738. The second-order valence-electron chi connectivity index (χ2n) is 8.19. The predicted octanol–water partition coefficient (Wildman–Crippen LogP) is -0.247. The first-order valence-electron chi connectivity index (χ1n) is 9.30. The Hall–Kier alpha value is -0.240. The fourth-order valence-electron chi connectivity index (χ4n) is 5.67. The van der Waals surface area contributed by atoms with Crippen LogP contribution in [0.5, 0.6) is 0 Å². The van der Waals surface area contributed by atoms with Gasteiger partial charge in [0.1, 0.15) is 0 Å². The molecule has 2 bridgehead atoms. The number of rotatable bonds is 10. The minimum absolute atomic E-state index is 0.0738. The Labute approximate surface area is 146 Å². The zero-order valence-electron chi connectivity index (χ0n) is 15.5. The normalized spacial score (nSPS) is 34.6. The number of aliphatic hydroxyl groups excluding tert-OH is 4. The van der Waals surface area contributed by atoms with Gasteiger partial charge in [0.15, 0.2) is 0 Å². The van der Waals surface area contributed by atoms with Gasteiger partial charge in [-0.25, -0.2) is 0 Å². The Kier molecular flexibility index (Phi) is 6.67. The van der Waals surface area contributed by atoms with Crippen molar-refractivity contribution >= 4 is 0 Å². The van der Waals surface area contributed by atoms with Crippen molar-refractivity contribution < 1.29 is 20.4 Å². The van der Waals surface area contributed by atoms with E-state index in [1.807, 2.05) is 0 Å². The van der Waals surface area contributed by atoms with Gasteiger partial charge in [-0.3, -0.25) is 9.80 Å². The molecule has 0 spiro atoms. The van der Waals surface area contributed by atoms with Crippen molar-refractivity contribution in [3.05, 3.63) is 0 Å². The Balaban J connectivity index is 2.40. The highest BCUT2D eigenvalue weighted by Crippen LogP contribution is 2.67. The Morgan fingerprint density at radius 2 is 1.25 bits per heavy atom. The molecule has 2 fully saturated rings. The van der Waals surface area contributed by atoms with E-state index in [1.165, 1.54) is 0 Å². The molecule has 2 rings (SSSR count). The average Bonchev–Trinajstić information content (AvgIpc) is 2.85. The molecule has 142 valence electrons. The summed E-state index contributed by atoms with van der Waals surface area (Å²) in [5, 5.41) is 38.1. The molecule has 0 aromatic carbocycles. The van der Waals surface area contributed by atoms with Crippen LogP contribution in [0.1, 0.15) is 33.6 Å². The highest BCUT2D eigenvalue weighted by atomic mass is 16.3. The lowest BCUT2D eigenvalue weighted by Gasteiger charge is -2.48. The lowest BCUT2D eigenvalue weighted by Crippen LogP contribution is -2.59. The van der Waals surface area contributed by atoms with E-state index in [4.69, 9.17) is 0 Å². The highest BCUT2D eigenvalue weighted by Gasteiger charge is 2.68. The molecule has 6 nitrogen and oxygen atoms in total. The molecule has 0 unspecified atom stereocenters. The van der Waals surface area contributed by atoms with Gasteiger partial charge < -0.3 is 20.4 Å². The fourth-order valence-corrected chi connectivity index (χ4v) is 5.67. The molecule has 0 aromatic heterocycles. The van der Waals surface area contributed by atoms with Crippen LogP contribution >= 0.6 is 0 Å². The minimum Gasteiger partial charge on any atom is -0.395 e. The number of aliphatic hydroxyl groups is 4. The maximum Gasteiger partial charge on any atom is 0.0558 e. The molecule has 0 amide bonds. The molecule has 2 saturated carbocycles. The lowest BCUT2D eigenvalue weighted by atomic mass is 9.68. The van der Waals surface area contributed by atoms with Crippen LogP contribution in [-0.4, -0.2) is 94.9 Å². The van der Waals surface area contributed by atoms with Gasteiger partial charge in [-0.1, -0.05) is 20.8 Å². The number of fused-ring (bicyclic) bond motifs is 2. The molecule has 0 aromatic rings. The molecule has 0 heterocycles. The van der Waals surface area contributed by atoms with Crippen molar-refractivity contribution in [2.75, 3.05) is 52.6 Å². The van der Waals surface area contributed by atoms with Crippen molar-refractivity contribution in [2.24, 2.45) is 16.7 Å². The topological polar surface area (TPSA) is 87.4 Å². The zero-order chi connectivity index (χ0) is 18.0. The summed E-state index contributed by atoms with van der Waals surface area (Å²) in [6.07, 6.45) is 2.30. The molecular formula is C18H36N2O4. The van der Waals surface area contributed by atoms with E-state index < -0.39 is 0 Å². The van der Waals surface area contributed by atoms with Crippen LogP contribution in [0.15, 0.2) is 0 Å². The van der Waals surface area contributed by atoms with E-state index in [-0.39, 0.29) is 49.3 Å². The quantitative estimate of drug-likeness (QED) is 0.437. The second-order valence-corrected chi connectivity index (χ2v) is 8.19. The summed E-state index contributed by atoms with van der Waals surface area (Å²) in [5.41, 5.74) is 0.241. The summed E-state index contributed by atoms with van der Waals surface area (Å²) < 4.78 is 0. The first-order chi connectivity index (χ1) is 11.4. The van der Waals surface area contributed by atoms with Crippen molar-refractivity contribution in [3.8, 4) is 0 Å². The molecule has 0 saturated heterocycles. The predicted molar refractivity (Wildman–Crippen MR) is 93.7 cm³/mol. The summed E-state index contributed by atoms with van der Waals surface area (Å²) in [6, 6.07) is 0.444. The monoisotopic (exact) mass is 344 g/mol. The van der Waals surface area contributed by atoms with Crippen LogP contribution in [0, 0.1) is 16.7 Å². The molecule has 4 N–H and O–H groups in total. The van der Waals surface area contributed by atoms with E-state index in [2.05, 4.69) is 30.6 Å². The summed E-state index contributed by atoms with van der Waals surface area (Å²) >= 11 is 0. The Morgan fingerprint density at radius 3 is 1.71 bits per heavy atom. The van der Waals surface area contributed by atoms with Crippen molar-refractivity contribution in [1.29, 1.82) is 0 Å². The third-order valence-electron chi connectivity index (χ3n) is 7.13. The maximum atomic E-state index is 9.52. The summed E-state index contributed by atoms with van der Waals surface area (Å²) in [6.45, 7) is 9.52. The largest absolute Gasteiger partial charge is 0.395 e. The summed E-state index contributed by atoms with van der Waals surface area (Å²) in [4.78, 5) is 4.45. The maximum absolute atomic E-state index is 9.52. The SMILES string of the molecule is CC1(C)[C@H]2CC[C@@]1(C)[C@@H](N(CCO)CCO)[C@H]2N(CCO)CCO. The number of nitrogens with zero attached hydrogens (tertiary/aromatic N) is 2. The molecule has 24 heavy (non-hydrogen) atoms. The van der Waals surface area contributed by atoms with Gasteiger partial charge in [-0.2, -0.15) is 0 Å². The molecule has 0 aliphatic heterocycles. The molecule has 6 heteroatoms. The van der Waals surface area contributed by atoms with Crippen LogP contribution in [-0.2, 0) is 0 Å². The molecular weight excluding hydrogens is 308 g/mol. The van der Waals surface area contributed by atoms with Gasteiger partial charge in [0.25, 0.3) is 0 Å². The fraction of sp³-hybridized carbons (Fsp3) is 1.00. The molecule has 2 aliphatic rings. The van der Waals surface area contributed by atoms with Crippen LogP contribution in [0.4, 0.5) is 0 Å². The molecule has 0 radical (unpaired) electrons. The van der Waals surface area contributed by atoms with Crippen LogP contribution in [0.3, 0.4) is 0 Å². The number of hydrogen-bond acceptors (Lipinski definition) is 6.